The highest BCUT2D eigenvalue weighted by Crippen LogP contribution is 2.39. The fourth-order valence-corrected chi connectivity index (χ4v) is 4.39. The Bertz CT molecular complexity index is 876. The monoisotopic (exact) mass is 410 g/mol. The summed E-state index contributed by atoms with van der Waals surface area (Å²) in [5.74, 6) is 0.713. The minimum Gasteiger partial charge on any atom is -0.495 e. The van der Waals surface area contributed by atoms with E-state index in [-0.39, 0.29) is 0 Å². The highest BCUT2D eigenvalue weighted by molar-refractivity contribution is 7.20. The first kappa shape index (κ1) is 20.5. The van der Waals surface area contributed by atoms with Crippen molar-refractivity contribution in [1.82, 2.24) is 9.97 Å². The van der Waals surface area contributed by atoms with Crippen LogP contribution in [0.1, 0.15) is 31.3 Å². The molecule has 3 N–H and O–H groups in total. The van der Waals surface area contributed by atoms with Gasteiger partial charge in [-0.05, 0) is 31.5 Å². The van der Waals surface area contributed by atoms with Crippen LogP contribution < -0.4 is 15.8 Å². The number of aromatic nitrogens is 2. The van der Waals surface area contributed by atoms with Gasteiger partial charge in [-0.25, -0.2) is 9.97 Å². The standard InChI is InChI=1S/C16H17ClN4OS2.C2H6/c1-4-10-14(24-15(18)19-10)13-8(2)23-16(21-13)20-11-7-9(17)5-6-12(11)22-3;1-2/h5-7H,4H2,1-3H3,(H2,18,19)(H,20,21);1-2H3. The van der Waals surface area contributed by atoms with Crippen LogP contribution in [-0.2, 0) is 6.42 Å². The molecular formula is C18H23ClN4OS2. The number of ether oxygens (including phenoxy) is 1. The van der Waals surface area contributed by atoms with Gasteiger partial charge in [0.05, 0.1) is 29.1 Å². The minimum atomic E-state index is 0.570. The Balaban J connectivity index is 0.00000117. The van der Waals surface area contributed by atoms with Gasteiger partial charge in [0.25, 0.3) is 0 Å². The summed E-state index contributed by atoms with van der Waals surface area (Å²) < 4.78 is 5.37. The second-order valence-corrected chi connectivity index (χ2v) is 7.75. The maximum absolute atomic E-state index is 6.08. The van der Waals surface area contributed by atoms with E-state index < -0.39 is 0 Å². The molecule has 0 radical (unpaired) electrons. The smallest absolute Gasteiger partial charge is 0.188 e. The van der Waals surface area contributed by atoms with Crippen LogP contribution in [-0.4, -0.2) is 17.1 Å². The Labute approximate surface area is 167 Å². The predicted molar refractivity (Wildman–Crippen MR) is 114 cm³/mol. The van der Waals surface area contributed by atoms with Crippen molar-refractivity contribution in [2.75, 3.05) is 18.2 Å². The van der Waals surface area contributed by atoms with E-state index in [1.54, 1.807) is 24.5 Å². The number of thiazole rings is 2. The Morgan fingerprint density at radius 1 is 1.23 bits per heavy atom. The number of anilines is 3. The lowest BCUT2D eigenvalue weighted by Crippen LogP contribution is -1.94. The molecule has 0 aliphatic rings. The second kappa shape index (κ2) is 9.21. The zero-order valence-corrected chi connectivity index (χ0v) is 17.9. The summed E-state index contributed by atoms with van der Waals surface area (Å²) in [6.07, 6.45) is 0.824. The van der Waals surface area contributed by atoms with Crippen molar-refractivity contribution >= 4 is 50.2 Å². The molecule has 0 spiro atoms. The Kier molecular flexibility index (Phi) is 7.25. The molecule has 0 bridgehead atoms. The molecule has 3 rings (SSSR count). The van der Waals surface area contributed by atoms with Crippen LogP contribution in [0.5, 0.6) is 5.75 Å². The summed E-state index contributed by atoms with van der Waals surface area (Å²) in [4.78, 5) is 11.3. The fraction of sp³-hybridized carbons (Fsp3) is 0.333. The molecule has 3 aromatic rings. The molecule has 2 aromatic heterocycles. The van der Waals surface area contributed by atoms with Crippen molar-refractivity contribution in [2.24, 2.45) is 0 Å². The maximum atomic E-state index is 6.08. The molecule has 1 aromatic carbocycles. The molecule has 2 heterocycles. The summed E-state index contributed by atoms with van der Waals surface area (Å²) in [7, 11) is 1.63. The summed E-state index contributed by atoms with van der Waals surface area (Å²) >= 11 is 9.13. The highest BCUT2D eigenvalue weighted by atomic mass is 35.5. The SMILES string of the molecule is CC.CCc1nc(N)sc1-c1nc(Nc2cc(Cl)ccc2OC)sc1C. The lowest BCUT2D eigenvalue weighted by atomic mass is 10.2. The molecular weight excluding hydrogens is 388 g/mol. The van der Waals surface area contributed by atoms with E-state index in [1.165, 1.54) is 11.3 Å². The molecule has 8 heteroatoms. The van der Waals surface area contributed by atoms with Gasteiger partial charge in [0.2, 0.25) is 0 Å². The average Bonchev–Trinajstić information content (AvgIpc) is 3.18. The zero-order valence-electron chi connectivity index (χ0n) is 15.5. The van der Waals surface area contributed by atoms with Gasteiger partial charge in [-0.1, -0.05) is 43.7 Å². The van der Waals surface area contributed by atoms with Crippen LogP contribution in [0, 0.1) is 6.92 Å². The summed E-state index contributed by atoms with van der Waals surface area (Å²) in [5.41, 5.74) is 8.56. The van der Waals surface area contributed by atoms with E-state index in [9.17, 15) is 0 Å². The quantitative estimate of drug-likeness (QED) is 0.527. The van der Waals surface area contributed by atoms with E-state index in [0.29, 0.717) is 15.9 Å². The Hall–Kier alpha value is -1.83. The largest absolute Gasteiger partial charge is 0.495 e. The Morgan fingerprint density at radius 2 is 1.96 bits per heavy atom. The molecule has 0 unspecified atom stereocenters. The third-order valence-electron chi connectivity index (χ3n) is 3.46. The summed E-state index contributed by atoms with van der Waals surface area (Å²) in [5, 5.41) is 5.27. The van der Waals surface area contributed by atoms with Crippen molar-refractivity contribution in [1.29, 1.82) is 0 Å². The van der Waals surface area contributed by atoms with Crippen molar-refractivity contribution in [2.45, 2.75) is 34.1 Å². The number of halogens is 1. The predicted octanol–water partition coefficient (Wildman–Crippen LogP) is 6.15. The van der Waals surface area contributed by atoms with Crippen LogP contribution in [0.3, 0.4) is 0 Å². The second-order valence-electron chi connectivity index (χ2n) is 5.07. The summed E-state index contributed by atoms with van der Waals surface area (Å²) in [6, 6.07) is 5.43. The number of nitrogens with zero attached hydrogens (tertiary/aromatic N) is 2. The van der Waals surface area contributed by atoms with Crippen molar-refractivity contribution < 1.29 is 4.74 Å². The number of hydrogen-bond acceptors (Lipinski definition) is 7. The number of methoxy groups -OCH3 is 1. The van der Waals surface area contributed by atoms with E-state index in [0.717, 1.165) is 38.4 Å². The lowest BCUT2D eigenvalue weighted by molar-refractivity contribution is 0.417. The average molecular weight is 411 g/mol. The van der Waals surface area contributed by atoms with Gasteiger partial charge < -0.3 is 15.8 Å². The van der Waals surface area contributed by atoms with Crippen molar-refractivity contribution in [3.05, 3.63) is 33.8 Å². The molecule has 0 saturated carbocycles. The molecule has 0 aliphatic carbocycles. The highest BCUT2D eigenvalue weighted by Gasteiger charge is 2.17. The molecule has 0 atom stereocenters. The first-order chi connectivity index (χ1) is 12.5. The van der Waals surface area contributed by atoms with Crippen LogP contribution >= 0.6 is 34.3 Å². The zero-order chi connectivity index (χ0) is 19.3. The number of nitrogens with two attached hydrogens (primary N) is 1. The van der Waals surface area contributed by atoms with Gasteiger partial charge in [-0.3, -0.25) is 0 Å². The minimum absolute atomic E-state index is 0.570. The number of benzene rings is 1. The molecule has 26 heavy (non-hydrogen) atoms. The van der Waals surface area contributed by atoms with Crippen molar-refractivity contribution in [3.8, 4) is 16.3 Å². The van der Waals surface area contributed by atoms with Crippen LogP contribution in [0.2, 0.25) is 5.02 Å². The van der Waals surface area contributed by atoms with Crippen molar-refractivity contribution in [3.63, 3.8) is 0 Å². The fourth-order valence-electron chi connectivity index (χ4n) is 2.35. The van der Waals surface area contributed by atoms with E-state index in [2.05, 4.69) is 17.2 Å². The van der Waals surface area contributed by atoms with Gasteiger partial charge in [-0.2, -0.15) is 0 Å². The molecule has 0 aliphatic heterocycles. The van der Waals surface area contributed by atoms with Crippen LogP contribution in [0.4, 0.5) is 16.0 Å². The summed E-state index contributed by atoms with van der Waals surface area (Å²) in [6.45, 7) is 8.11. The molecule has 0 amide bonds. The van der Waals surface area contributed by atoms with Gasteiger partial charge in [-0.15, -0.1) is 11.3 Å². The topological polar surface area (TPSA) is 73.1 Å². The third kappa shape index (κ3) is 4.47. The number of nitrogens with one attached hydrogen (secondary N) is 1. The lowest BCUT2D eigenvalue weighted by Gasteiger charge is -2.09. The Morgan fingerprint density at radius 3 is 2.62 bits per heavy atom. The van der Waals surface area contributed by atoms with E-state index in [4.69, 9.17) is 27.1 Å². The number of rotatable bonds is 5. The molecule has 5 nitrogen and oxygen atoms in total. The van der Waals surface area contributed by atoms with E-state index in [1.807, 2.05) is 32.9 Å². The molecule has 0 fully saturated rings. The van der Waals surface area contributed by atoms with Gasteiger partial charge in [0, 0.05) is 9.90 Å². The van der Waals surface area contributed by atoms with Crippen LogP contribution in [0.15, 0.2) is 18.2 Å². The first-order valence-corrected chi connectivity index (χ1v) is 10.4. The van der Waals surface area contributed by atoms with Crippen LogP contribution in [0.25, 0.3) is 10.6 Å². The van der Waals surface area contributed by atoms with Gasteiger partial charge in [0.15, 0.2) is 10.3 Å². The number of hydrogen-bond donors (Lipinski definition) is 2. The van der Waals surface area contributed by atoms with Gasteiger partial charge in [0.1, 0.15) is 5.75 Å². The maximum Gasteiger partial charge on any atom is 0.188 e. The number of nitrogen functional groups attached to an aromatic ring is 1. The molecule has 140 valence electrons. The van der Waals surface area contributed by atoms with Gasteiger partial charge >= 0.3 is 0 Å². The third-order valence-corrected chi connectivity index (χ3v) is 5.52. The normalized spacial score (nSPS) is 10.2. The molecule has 0 saturated heterocycles. The van der Waals surface area contributed by atoms with E-state index >= 15 is 0 Å². The number of aryl methyl sites for hydroxylation is 2. The first-order valence-electron chi connectivity index (χ1n) is 8.35.